The van der Waals surface area contributed by atoms with Gasteiger partial charge in [0.05, 0.1) is 11.3 Å². The molecule has 92 valence electrons. The van der Waals surface area contributed by atoms with Crippen LogP contribution in [0, 0.1) is 11.3 Å². The van der Waals surface area contributed by atoms with E-state index in [4.69, 9.17) is 0 Å². The second-order valence-corrected chi connectivity index (χ2v) is 5.85. The van der Waals surface area contributed by atoms with Crippen LogP contribution in [-0.2, 0) is 0 Å². The van der Waals surface area contributed by atoms with Crippen LogP contribution in [0.4, 0.5) is 5.69 Å². The van der Waals surface area contributed by atoms with E-state index in [1.54, 1.807) is 0 Å². The molecule has 0 saturated carbocycles. The summed E-state index contributed by atoms with van der Waals surface area (Å²) in [5, 5.41) is 13.0. The third-order valence-electron chi connectivity index (χ3n) is 4.79. The van der Waals surface area contributed by atoms with E-state index in [1.807, 2.05) is 12.1 Å². The largest absolute Gasteiger partial charge is 0.364 e. The van der Waals surface area contributed by atoms with Gasteiger partial charge in [-0.2, -0.15) is 5.26 Å². The highest BCUT2D eigenvalue weighted by Gasteiger charge is 2.47. The number of rotatable bonds is 1. The number of hydrogen-bond acceptors (Lipinski definition) is 3. The molecule has 0 unspecified atom stereocenters. The zero-order chi connectivity index (χ0) is 12.1. The maximum Gasteiger partial charge on any atom is 0.101 e. The third kappa shape index (κ3) is 1.39. The smallest absolute Gasteiger partial charge is 0.101 e. The minimum atomic E-state index is 0.642. The molecule has 3 heteroatoms. The fourth-order valence-electron chi connectivity index (χ4n) is 4.24. The van der Waals surface area contributed by atoms with Gasteiger partial charge >= 0.3 is 0 Å². The Morgan fingerprint density at radius 2 is 1.67 bits per heavy atom. The highest BCUT2D eigenvalue weighted by molar-refractivity contribution is 5.61. The number of nitrogens with zero attached hydrogens (tertiary/aromatic N) is 2. The van der Waals surface area contributed by atoms with Crippen LogP contribution in [0.1, 0.15) is 31.2 Å². The van der Waals surface area contributed by atoms with Crippen molar-refractivity contribution in [2.24, 2.45) is 0 Å². The lowest BCUT2D eigenvalue weighted by Crippen LogP contribution is -2.67. The van der Waals surface area contributed by atoms with Gasteiger partial charge in [-0.1, -0.05) is 12.1 Å². The van der Waals surface area contributed by atoms with Crippen molar-refractivity contribution in [3.63, 3.8) is 0 Å². The Balaban J connectivity index is 1.75. The molecule has 1 aromatic rings. The van der Waals surface area contributed by atoms with Gasteiger partial charge in [-0.25, -0.2) is 0 Å². The molecule has 0 amide bonds. The van der Waals surface area contributed by atoms with Gasteiger partial charge in [0, 0.05) is 24.2 Å². The average Bonchev–Trinajstić information content (AvgIpc) is 2.38. The van der Waals surface area contributed by atoms with Crippen molar-refractivity contribution in [1.29, 1.82) is 5.26 Å². The van der Waals surface area contributed by atoms with Crippen molar-refractivity contribution < 1.29 is 0 Å². The number of hydrogen-bond donors (Lipinski definition) is 1. The van der Waals surface area contributed by atoms with Crippen LogP contribution in [0.3, 0.4) is 0 Å². The molecular formula is C15H17N3. The second-order valence-electron chi connectivity index (χ2n) is 5.85. The number of nitrogens with one attached hydrogen (secondary N) is 1. The van der Waals surface area contributed by atoms with Crippen LogP contribution < -0.4 is 10.2 Å². The Hall–Kier alpha value is -1.53. The summed E-state index contributed by atoms with van der Waals surface area (Å²) in [5.41, 5.74) is 1.99. The number of nitriles is 1. The minimum absolute atomic E-state index is 0.642. The maximum absolute atomic E-state index is 9.28. The molecule has 5 rings (SSSR count). The highest BCUT2D eigenvalue weighted by atomic mass is 15.3. The monoisotopic (exact) mass is 239 g/mol. The topological polar surface area (TPSA) is 39.1 Å². The van der Waals surface area contributed by atoms with Crippen molar-refractivity contribution in [3.05, 3.63) is 29.8 Å². The summed E-state index contributed by atoms with van der Waals surface area (Å²) >= 11 is 0. The molecule has 0 radical (unpaired) electrons. The Morgan fingerprint density at radius 3 is 2.28 bits per heavy atom. The fourth-order valence-corrected chi connectivity index (χ4v) is 4.24. The molecule has 4 aliphatic rings. The fraction of sp³-hybridized carbons (Fsp3) is 0.533. The number of benzene rings is 1. The third-order valence-corrected chi connectivity index (χ3v) is 4.79. The first kappa shape index (κ1) is 10.4. The molecule has 4 fully saturated rings. The Morgan fingerprint density at radius 1 is 1.06 bits per heavy atom. The summed E-state index contributed by atoms with van der Waals surface area (Å²) < 4.78 is 0. The van der Waals surface area contributed by atoms with Gasteiger partial charge in [0.25, 0.3) is 0 Å². The van der Waals surface area contributed by atoms with Crippen LogP contribution in [-0.4, -0.2) is 24.2 Å². The zero-order valence-electron chi connectivity index (χ0n) is 10.3. The second kappa shape index (κ2) is 3.73. The molecule has 1 N–H and O–H groups in total. The Kier molecular flexibility index (Phi) is 2.15. The van der Waals surface area contributed by atoms with E-state index in [1.165, 1.54) is 25.7 Å². The standard InChI is InChI=1S/C15H17N3/c16-9-10-3-1-2-4-15(10)18-13-5-11-6-14(18)8-12(7-13)17-11/h1-4,11-14,17H,5-8H2. The summed E-state index contributed by atoms with van der Waals surface area (Å²) in [6.45, 7) is 0. The van der Waals surface area contributed by atoms with Gasteiger partial charge in [0.15, 0.2) is 0 Å². The lowest BCUT2D eigenvalue weighted by molar-refractivity contribution is 0.135. The van der Waals surface area contributed by atoms with Crippen molar-refractivity contribution >= 4 is 5.69 Å². The molecular weight excluding hydrogens is 222 g/mol. The molecule has 0 aromatic heterocycles. The molecule has 18 heavy (non-hydrogen) atoms. The Labute approximate surface area is 107 Å². The van der Waals surface area contributed by atoms with Crippen LogP contribution in [0.5, 0.6) is 0 Å². The van der Waals surface area contributed by atoms with Crippen molar-refractivity contribution in [3.8, 4) is 6.07 Å². The van der Waals surface area contributed by atoms with Crippen LogP contribution in [0.2, 0.25) is 0 Å². The first-order valence-electron chi connectivity index (χ1n) is 6.88. The Bertz CT molecular complexity index is 489. The summed E-state index contributed by atoms with van der Waals surface area (Å²) in [7, 11) is 0. The molecule has 0 aliphatic carbocycles. The molecule has 4 heterocycles. The van der Waals surface area contributed by atoms with E-state index in [9.17, 15) is 5.26 Å². The quantitative estimate of drug-likeness (QED) is 0.815. The molecule has 4 bridgehead atoms. The van der Waals surface area contributed by atoms with Gasteiger partial charge in [-0.3, -0.25) is 0 Å². The molecule has 1 aromatic carbocycles. The number of piperidine rings is 4. The van der Waals surface area contributed by atoms with E-state index in [0.717, 1.165) is 23.3 Å². The first-order chi connectivity index (χ1) is 8.85. The normalized spacial score (nSPS) is 36.7. The highest BCUT2D eigenvalue weighted by Crippen LogP contribution is 2.42. The lowest BCUT2D eigenvalue weighted by Gasteiger charge is -2.58. The maximum atomic E-state index is 9.28. The molecule has 0 atom stereocenters. The van der Waals surface area contributed by atoms with Crippen LogP contribution >= 0.6 is 0 Å². The predicted molar refractivity (Wildman–Crippen MR) is 70.4 cm³/mol. The predicted octanol–water partition coefficient (Wildman–Crippen LogP) is 2.03. The number of anilines is 1. The van der Waals surface area contributed by atoms with Crippen LogP contribution in [0.15, 0.2) is 24.3 Å². The van der Waals surface area contributed by atoms with Crippen molar-refractivity contribution in [1.82, 2.24) is 5.32 Å². The summed E-state index contributed by atoms with van der Waals surface area (Å²) in [4.78, 5) is 2.55. The summed E-state index contributed by atoms with van der Waals surface area (Å²) in [6.07, 6.45) is 4.97. The van der Waals surface area contributed by atoms with Crippen molar-refractivity contribution in [2.45, 2.75) is 49.9 Å². The van der Waals surface area contributed by atoms with E-state index in [2.05, 4.69) is 28.4 Å². The van der Waals surface area contributed by atoms with Crippen LogP contribution in [0.25, 0.3) is 0 Å². The van der Waals surface area contributed by atoms with E-state index >= 15 is 0 Å². The lowest BCUT2D eigenvalue weighted by atomic mass is 9.74. The van der Waals surface area contributed by atoms with Crippen molar-refractivity contribution in [2.75, 3.05) is 4.90 Å². The molecule has 4 saturated heterocycles. The average molecular weight is 239 g/mol. The zero-order valence-corrected chi connectivity index (χ0v) is 10.3. The van der Waals surface area contributed by atoms with E-state index in [-0.39, 0.29) is 0 Å². The molecule has 4 aliphatic heterocycles. The first-order valence-corrected chi connectivity index (χ1v) is 6.88. The van der Waals surface area contributed by atoms with Gasteiger partial charge in [0.2, 0.25) is 0 Å². The van der Waals surface area contributed by atoms with Gasteiger partial charge < -0.3 is 10.2 Å². The molecule has 3 nitrogen and oxygen atoms in total. The SMILES string of the molecule is N#Cc1ccccc1N1C2CC3CC1CC(C2)N3. The van der Waals surface area contributed by atoms with E-state index < -0.39 is 0 Å². The van der Waals surface area contributed by atoms with Gasteiger partial charge in [-0.15, -0.1) is 0 Å². The van der Waals surface area contributed by atoms with E-state index in [0.29, 0.717) is 12.1 Å². The van der Waals surface area contributed by atoms with Gasteiger partial charge in [-0.05, 0) is 37.8 Å². The summed E-state index contributed by atoms with van der Waals surface area (Å²) in [6, 6.07) is 13.1. The number of para-hydroxylation sites is 1. The minimum Gasteiger partial charge on any atom is -0.364 e. The summed E-state index contributed by atoms with van der Waals surface area (Å²) in [5.74, 6) is 0. The molecule has 0 spiro atoms. The van der Waals surface area contributed by atoms with Gasteiger partial charge in [0.1, 0.15) is 6.07 Å².